The van der Waals surface area contributed by atoms with Crippen LogP contribution in [0.25, 0.3) is 21.9 Å². The third-order valence-electron chi connectivity index (χ3n) is 3.62. The third kappa shape index (κ3) is 2.95. The highest BCUT2D eigenvalue weighted by molar-refractivity contribution is 7.92. The highest BCUT2D eigenvalue weighted by Gasteiger charge is 2.12. The minimum absolute atomic E-state index is 0.0838. The van der Waals surface area contributed by atoms with Gasteiger partial charge in [0.1, 0.15) is 11.9 Å². The van der Waals surface area contributed by atoms with Crippen LogP contribution in [-0.2, 0) is 18.4 Å². The minimum atomic E-state index is -1.37. The second-order valence-electron chi connectivity index (χ2n) is 5.26. The predicted molar refractivity (Wildman–Crippen MR) is 92.3 cm³/mol. The van der Waals surface area contributed by atoms with Crippen LogP contribution in [0, 0.1) is 5.82 Å². The number of anilines is 1. The normalized spacial score (nSPS) is 12.3. The van der Waals surface area contributed by atoms with Gasteiger partial charge in [-0.1, -0.05) is 24.3 Å². The van der Waals surface area contributed by atoms with E-state index in [1.54, 1.807) is 31.4 Å². The highest BCUT2D eigenvalue weighted by atomic mass is 32.2. The second-order valence-corrected chi connectivity index (χ2v) is 6.37. The number of nitrogens with zero attached hydrogens (tertiary/aromatic N) is 1. The van der Waals surface area contributed by atoms with Crippen LogP contribution in [0.5, 0.6) is 0 Å². The van der Waals surface area contributed by atoms with Gasteiger partial charge in [-0.25, -0.2) is 9.11 Å². The molecule has 1 N–H and O–H groups in total. The lowest BCUT2D eigenvalue weighted by Crippen LogP contribution is -2.16. The topological polar surface area (TPSA) is 57.1 Å². The van der Waals surface area contributed by atoms with Crippen molar-refractivity contribution in [1.82, 2.24) is 4.57 Å². The van der Waals surface area contributed by atoms with Crippen LogP contribution in [0.3, 0.4) is 0 Å². The molecular weight excluding hydrogens is 315 g/mol. The van der Waals surface area contributed by atoms with Crippen molar-refractivity contribution in [2.75, 3.05) is 11.0 Å². The quantitative estimate of drug-likeness (QED) is 0.751. The molecule has 0 amide bonds. The molecule has 1 unspecified atom stereocenters. The Morgan fingerprint density at radius 2 is 1.87 bits per heavy atom. The molecule has 1 heterocycles. The second kappa shape index (κ2) is 6.06. The van der Waals surface area contributed by atoms with E-state index in [4.69, 9.17) is 0 Å². The van der Waals surface area contributed by atoms with E-state index in [2.05, 4.69) is 4.72 Å². The van der Waals surface area contributed by atoms with Crippen molar-refractivity contribution >= 4 is 27.8 Å². The summed E-state index contributed by atoms with van der Waals surface area (Å²) in [6, 6.07) is 11.9. The summed E-state index contributed by atoms with van der Waals surface area (Å²) in [5, 5.41) is 1.40. The summed E-state index contributed by atoms with van der Waals surface area (Å²) in [6.07, 6.45) is 3.17. The van der Waals surface area contributed by atoms with Crippen LogP contribution < -0.4 is 10.3 Å². The van der Waals surface area contributed by atoms with E-state index in [-0.39, 0.29) is 11.2 Å². The minimum Gasteiger partial charge on any atom is -0.593 e. The fourth-order valence-electron chi connectivity index (χ4n) is 2.57. The van der Waals surface area contributed by atoms with Crippen LogP contribution in [0.1, 0.15) is 0 Å². The van der Waals surface area contributed by atoms with Crippen LogP contribution in [-0.4, -0.2) is 15.4 Å². The molecule has 0 saturated carbocycles. The van der Waals surface area contributed by atoms with Crippen LogP contribution in [0.15, 0.2) is 53.5 Å². The Balaban J connectivity index is 2.25. The van der Waals surface area contributed by atoms with Crippen molar-refractivity contribution in [2.45, 2.75) is 0 Å². The summed E-state index contributed by atoms with van der Waals surface area (Å²) in [5.74, 6) is -0.474. The average Bonchev–Trinajstić information content (AvgIpc) is 2.53. The number of aryl methyl sites for hydroxylation is 1. The van der Waals surface area contributed by atoms with E-state index >= 15 is 0 Å². The Hall–Kier alpha value is -2.31. The molecule has 0 aliphatic rings. The van der Waals surface area contributed by atoms with Crippen molar-refractivity contribution in [3.8, 4) is 11.1 Å². The van der Waals surface area contributed by atoms with Gasteiger partial charge in [0, 0.05) is 24.2 Å². The number of rotatable bonds is 3. The molecule has 0 aliphatic carbocycles. The highest BCUT2D eigenvalue weighted by Crippen LogP contribution is 2.30. The molecule has 0 spiro atoms. The lowest BCUT2D eigenvalue weighted by molar-refractivity contribution is 0.603. The first-order valence-electron chi connectivity index (χ1n) is 6.96. The number of hydrogen-bond acceptors (Lipinski definition) is 3. The van der Waals surface area contributed by atoms with Crippen LogP contribution >= 0.6 is 0 Å². The van der Waals surface area contributed by atoms with Crippen molar-refractivity contribution < 1.29 is 8.94 Å². The zero-order chi connectivity index (χ0) is 16.6. The fraction of sp³-hybridized carbons (Fsp3) is 0.118. The predicted octanol–water partition coefficient (Wildman–Crippen LogP) is 3.05. The van der Waals surface area contributed by atoms with E-state index < -0.39 is 17.2 Å². The molecule has 4 nitrogen and oxygen atoms in total. The van der Waals surface area contributed by atoms with Crippen LogP contribution in [0.2, 0.25) is 0 Å². The molecular formula is C17H15FN2O2S. The Morgan fingerprint density at radius 3 is 2.57 bits per heavy atom. The molecule has 1 atom stereocenters. The van der Waals surface area contributed by atoms with Gasteiger partial charge in [0.15, 0.2) is 5.82 Å². The molecule has 118 valence electrons. The van der Waals surface area contributed by atoms with Gasteiger partial charge < -0.3 is 9.12 Å². The number of aromatic nitrogens is 1. The van der Waals surface area contributed by atoms with Crippen molar-refractivity contribution in [1.29, 1.82) is 0 Å². The molecule has 0 bridgehead atoms. The first-order valence-corrected chi connectivity index (χ1v) is 8.51. The first kappa shape index (κ1) is 15.6. The van der Waals surface area contributed by atoms with Gasteiger partial charge in [-0.15, -0.1) is 0 Å². The maximum absolute atomic E-state index is 13.9. The number of pyridine rings is 1. The SMILES string of the molecule is Cn1cc(-c2ccc(F)c(N[S+](C)[O-])c2)c2ccccc2c1=O. The maximum atomic E-state index is 13.9. The molecule has 0 fully saturated rings. The molecule has 3 rings (SSSR count). The summed E-state index contributed by atoms with van der Waals surface area (Å²) in [5.41, 5.74) is 1.64. The van der Waals surface area contributed by atoms with Gasteiger partial charge in [0.05, 0.1) is 11.4 Å². The zero-order valence-corrected chi connectivity index (χ0v) is 13.5. The van der Waals surface area contributed by atoms with E-state index in [1.165, 1.54) is 16.9 Å². The summed E-state index contributed by atoms with van der Waals surface area (Å²) >= 11 is -1.37. The molecule has 23 heavy (non-hydrogen) atoms. The lowest BCUT2D eigenvalue weighted by Gasteiger charge is -2.12. The molecule has 0 radical (unpaired) electrons. The number of halogens is 1. The summed E-state index contributed by atoms with van der Waals surface area (Å²) < 4.78 is 29.3. The lowest BCUT2D eigenvalue weighted by atomic mass is 10.00. The first-order chi connectivity index (χ1) is 11.0. The number of nitrogens with one attached hydrogen (secondary N) is 1. The molecule has 0 aliphatic heterocycles. The van der Waals surface area contributed by atoms with E-state index in [1.807, 2.05) is 18.2 Å². The Morgan fingerprint density at radius 1 is 1.17 bits per heavy atom. The molecule has 3 aromatic rings. The van der Waals surface area contributed by atoms with Crippen molar-refractivity contribution in [2.24, 2.45) is 7.05 Å². The van der Waals surface area contributed by atoms with E-state index in [9.17, 15) is 13.7 Å². The van der Waals surface area contributed by atoms with Crippen LogP contribution in [0.4, 0.5) is 10.1 Å². The Labute approximate surface area is 135 Å². The van der Waals surface area contributed by atoms with Gasteiger partial charge in [-0.2, -0.15) is 0 Å². The Kier molecular flexibility index (Phi) is 4.11. The Bertz CT molecular complexity index is 938. The largest absolute Gasteiger partial charge is 0.593 e. The van der Waals surface area contributed by atoms with Crippen molar-refractivity contribution in [3.63, 3.8) is 0 Å². The average molecular weight is 330 g/mol. The number of hydrogen-bond donors (Lipinski definition) is 1. The number of fused-ring (bicyclic) bond motifs is 1. The van der Waals surface area contributed by atoms with E-state index in [0.29, 0.717) is 5.39 Å². The molecule has 2 aromatic carbocycles. The monoisotopic (exact) mass is 330 g/mol. The van der Waals surface area contributed by atoms with Gasteiger partial charge in [-0.3, -0.25) is 4.79 Å². The smallest absolute Gasteiger partial charge is 0.258 e. The maximum Gasteiger partial charge on any atom is 0.258 e. The third-order valence-corrected chi connectivity index (χ3v) is 4.13. The van der Waals surface area contributed by atoms with Gasteiger partial charge >= 0.3 is 0 Å². The number of benzene rings is 2. The summed E-state index contributed by atoms with van der Waals surface area (Å²) in [7, 11) is 1.68. The molecule has 0 saturated heterocycles. The van der Waals surface area contributed by atoms with Gasteiger partial charge in [-0.05, 0) is 29.1 Å². The summed E-state index contributed by atoms with van der Waals surface area (Å²) in [6.45, 7) is 0. The summed E-state index contributed by atoms with van der Waals surface area (Å²) in [4.78, 5) is 12.2. The fourth-order valence-corrected chi connectivity index (χ4v) is 3.04. The standard InChI is InChI=1S/C17H15FN2O2S/c1-20-10-14(12-5-3-4-6-13(12)17(20)21)11-7-8-15(18)16(9-11)19-23(2)22/h3-10,19H,1-2H3. The van der Waals surface area contributed by atoms with Gasteiger partial charge in [0.2, 0.25) is 0 Å². The molecule has 6 heteroatoms. The molecule has 1 aromatic heterocycles. The zero-order valence-electron chi connectivity index (χ0n) is 12.7. The van der Waals surface area contributed by atoms with Crippen molar-refractivity contribution in [3.05, 3.63) is 64.8 Å². The van der Waals surface area contributed by atoms with Gasteiger partial charge in [0.25, 0.3) is 5.56 Å². The van der Waals surface area contributed by atoms with E-state index in [0.717, 1.165) is 16.5 Å².